The van der Waals surface area contributed by atoms with Crippen LogP contribution in [0, 0.1) is 4.77 Å². The van der Waals surface area contributed by atoms with Crippen molar-refractivity contribution in [3.8, 4) is 11.3 Å². The Morgan fingerprint density at radius 3 is 2.38 bits per heavy atom. The fraction of sp³-hybridized carbons (Fsp3) is 0.118. The highest BCUT2D eigenvalue weighted by molar-refractivity contribution is 7.71. The second kappa shape index (κ2) is 5.88. The molecule has 0 spiro atoms. The van der Waals surface area contributed by atoms with Crippen LogP contribution in [-0.4, -0.2) is 9.55 Å². The second-order valence-corrected chi connectivity index (χ2v) is 5.77. The lowest BCUT2D eigenvalue weighted by Crippen LogP contribution is -2.08. The third kappa shape index (κ3) is 2.80. The van der Waals surface area contributed by atoms with E-state index in [0.29, 0.717) is 0 Å². The van der Waals surface area contributed by atoms with Crippen LogP contribution in [0.1, 0.15) is 18.5 Å². The van der Waals surface area contributed by atoms with Crippen molar-refractivity contribution in [1.29, 1.82) is 0 Å². The molecule has 0 aliphatic carbocycles. The third-order valence-electron chi connectivity index (χ3n) is 3.62. The largest absolute Gasteiger partial charge is 0.337 e. The van der Waals surface area contributed by atoms with Crippen LogP contribution in [0.5, 0.6) is 0 Å². The van der Waals surface area contributed by atoms with E-state index in [9.17, 15) is 0 Å². The summed E-state index contributed by atoms with van der Waals surface area (Å²) >= 11 is 11.4. The number of rotatable bonds is 3. The van der Waals surface area contributed by atoms with Crippen LogP contribution in [-0.2, 0) is 0 Å². The molecule has 2 nitrogen and oxygen atoms in total. The van der Waals surface area contributed by atoms with E-state index in [1.165, 1.54) is 5.56 Å². The molecule has 0 saturated carbocycles. The van der Waals surface area contributed by atoms with E-state index in [2.05, 4.69) is 28.6 Å². The van der Waals surface area contributed by atoms with Crippen molar-refractivity contribution < 1.29 is 0 Å². The minimum absolute atomic E-state index is 0.135. The Morgan fingerprint density at radius 1 is 1.05 bits per heavy atom. The van der Waals surface area contributed by atoms with Gasteiger partial charge >= 0.3 is 0 Å². The lowest BCUT2D eigenvalue weighted by molar-refractivity contribution is 0.636. The standard InChI is InChI=1S/C17H15ClN2S/c1-12(13-7-9-15(18)10-8-13)20-16(11-19-17(20)21)14-5-3-2-4-6-14/h2-12H,1H3,(H,19,21). The van der Waals surface area contributed by atoms with Gasteiger partial charge in [0.25, 0.3) is 0 Å². The first-order valence-corrected chi connectivity index (χ1v) is 7.56. The number of aromatic amines is 1. The summed E-state index contributed by atoms with van der Waals surface area (Å²) in [5.74, 6) is 0. The molecule has 0 radical (unpaired) electrons. The normalized spacial score (nSPS) is 12.3. The smallest absolute Gasteiger partial charge is 0.178 e. The topological polar surface area (TPSA) is 20.7 Å². The Morgan fingerprint density at radius 2 is 1.71 bits per heavy atom. The number of benzene rings is 2. The van der Waals surface area contributed by atoms with Crippen LogP contribution < -0.4 is 0 Å². The Bertz CT molecular complexity index is 788. The molecule has 106 valence electrons. The summed E-state index contributed by atoms with van der Waals surface area (Å²) in [6.45, 7) is 2.14. The molecule has 0 bridgehead atoms. The molecule has 2 aromatic carbocycles. The van der Waals surface area contributed by atoms with E-state index in [0.717, 1.165) is 21.1 Å². The summed E-state index contributed by atoms with van der Waals surface area (Å²) in [5.41, 5.74) is 3.40. The van der Waals surface area contributed by atoms with E-state index >= 15 is 0 Å². The van der Waals surface area contributed by atoms with Crippen molar-refractivity contribution >= 4 is 23.8 Å². The van der Waals surface area contributed by atoms with Gasteiger partial charge < -0.3 is 9.55 Å². The van der Waals surface area contributed by atoms with Crippen LogP contribution in [0.15, 0.2) is 60.8 Å². The maximum absolute atomic E-state index is 5.97. The zero-order chi connectivity index (χ0) is 14.8. The molecule has 1 atom stereocenters. The van der Waals surface area contributed by atoms with E-state index in [1.54, 1.807) is 0 Å². The summed E-state index contributed by atoms with van der Waals surface area (Å²) in [5, 5.41) is 0.742. The number of imidazole rings is 1. The molecule has 0 aliphatic heterocycles. The first-order valence-electron chi connectivity index (χ1n) is 6.77. The molecule has 0 amide bonds. The van der Waals surface area contributed by atoms with Gasteiger partial charge in [0, 0.05) is 11.2 Å². The predicted octanol–water partition coefficient (Wildman–Crippen LogP) is 5.48. The predicted molar refractivity (Wildman–Crippen MR) is 90.3 cm³/mol. The summed E-state index contributed by atoms with van der Waals surface area (Å²) in [6, 6.07) is 18.3. The van der Waals surface area contributed by atoms with Gasteiger partial charge in [0.2, 0.25) is 0 Å². The SMILES string of the molecule is CC(c1ccc(Cl)cc1)n1c(-c2ccccc2)c[nH]c1=S. The zero-order valence-corrected chi connectivity index (χ0v) is 13.2. The first kappa shape index (κ1) is 14.1. The van der Waals surface area contributed by atoms with E-state index in [4.69, 9.17) is 23.8 Å². The molecule has 3 rings (SSSR count). The Balaban J connectivity index is 2.08. The monoisotopic (exact) mass is 314 g/mol. The molecule has 1 unspecified atom stereocenters. The van der Waals surface area contributed by atoms with Gasteiger partial charge in [-0.05, 0) is 42.4 Å². The highest BCUT2D eigenvalue weighted by atomic mass is 35.5. The Labute approximate surface area is 134 Å². The highest BCUT2D eigenvalue weighted by Gasteiger charge is 2.14. The maximum atomic E-state index is 5.97. The molecule has 0 saturated heterocycles. The lowest BCUT2D eigenvalue weighted by atomic mass is 10.1. The number of nitrogens with zero attached hydrogens (tertiary/aromatic N) is 1. The highest BCUT2D eigenvalue weighted by Crippen LogP contribution is 2.27. The average Bonchev–Trinajstić information content (AvgIpc) is 2.90. The second-order valence-electron chi connectivity index (χ2n) is 4.94. The summed E-state index contributed by atoms with van der Waals surface area (Å²) in [6.07, 6.45) is 1.96. The van der Waals surface area contributed by atoms with E-state index in [1.807, 2.05) is 48.7 Å². The fourth-order valence-electron chi connectivity index (χ4n) is 2.48. The Hall–Kier alpha value is -1.84. The molecular weight excluding hydrogens is 300 g/mol. The van der Waals surface area contributed by atoms with Gasteiger partial charge in [-0.25, -0.2) is 0 Å². The Kier molecular flexibility index (Phi) is 3.95. The zero-order valence-electron chi connectivity index (χ0n) is 11.6. The summed E-state index contributed by atoms with van der Waals surface area (Å²) in [7, 11) is 0. The van der Waals surface area contributed by atoms with Crippen molar-refractivity contribution in [3.63, 3.8) is 0 Å². The number of H-pyrrole nitrogens is 1. The van der Waals surface area contributed by atoms with Gasteiger partial charge in [-0.1, -0.05) is 54.1 Å². The minimum Gasteiger partial charge on any atom is -0.337 e. The van der Waals surface area contributed by atoms with Crippen LogP contribution >= 0.6 is 23.8 Å². The molecule has 4 heteroatoms. The molecular formula is C17H15ClN2S. The van der Waals surface area contributed by atoms with Gasteiger partial charge in [0.15, 0.2) is 4.77 Å². The summed E-state index contributed by atoms with van der Waals surface area (Å²) < 4.78 is 2.85. The van der Waals surface area contributed by atoms with Crippen molar-refractivity contribution in [3.05, 3.63) is 76.2 Å². The fourth-order valence-corrected chi connectivity index (χ4v) is 2.93. The lowest BCUT2D eigenvalue weighted by Gasteiger charge is -2.17. The van der Waals surface area contributed by atoms with Gasteiger partial charge in [0.1, 0.15) is 0 Å². The number of nitrogens with one attached hydrogen (secondary N) is 1. The van der Waals surface area contributed by atoms with Crippen LogP contribution in [0.3, 0.4) is 0 Å². The van der Waals surface area contributed by atoms with Crippen LogP contribution in [0.2, 0.25) is 5.02 Å². The number of hydrogen-bond acceptors (Lipinski definition) is 1. The average molecular weight is 315 g/mol. The molecule has 21 heavy (non-hydrogen) atoms. The van der Waals surface area contributed by atoms with E-state index in [-0.39, 0.29) is 6.04 Å². The van der Waals surface area contributed by atoms with Crippen molar-refractivity contribution in [2.24, 2.45) is 0 Å². The van der Waals surface area contributed by atoms with Gasteiger partial charge in [-0.3, -0.25) is 0 Å². The van der Waals surface area contributed by atoms with Gasteiger partial charge in [0.05, 0.1) is 11.7 Å². The summed E-state index contributed by atoms with van der Waals surface area (Å²) in [4.78, 5) is 3.15. The molecule has 1 aromatic heterocycles. The minimum atomic E-state index is 0.135. The van der Waals surface area contributed by atoms with E-state index < -0.39 is 0 Å². The molecule has 3 aromatic rings. The quantitative estimate of drug-likeness (QED) is 0.635. The van der Waals surface area contributed by atoms with Crippen molar-refractivity contribution in [2.75, 3.05) is 0 Å². The number of halogens is 1. The number of aromatic nitrogens is 2. The van der Waals surface area contributed by atoms with Crippen LogP contribution in [0.4, 0.5) is 0 Å². The van der Waals surface area contributed by atoms with Crippen molar-refractivity contribution in [2.45, 2.75) is 13.0 Å². The maximum Gasteiger partial charge on any atom is 0.178 e. The number of hydrogen-bond donors (Lipinski definition) is 1. The molecule has 1 heterocycles. The molecule has 1 N–H and O–H groups in total. The molecule has 0 aliphatic rings. The van der Waals surface area contributed by atoms with Gasteiger partial charge in [-0.2, -0.15) is 0 Å². The van der Waals surface area contributed by atoms with Crippen LogP contribution in [0.25, 0.3) is 11.3 Å². The third-order valence-corrected chi connectivity index (χ3v) is 4.19. The van der Waals surface area contributed by atoms with Gasteiger partial charge in [-0.15, -0.1) is 0 Å². The van der Waals surface area contributed by atoms with Crippen molar-refractivity contribution in [1.82, 2.24) is 9.55 Å². The molecule has 0 fully saturated rings. The first-order chi connectivity index (χ1) is 10.2.